The number of fused-ring (bicyclic) bond motifs is 2. The summed E-state index contributed by atoms with van der Waals surface area (Å²) in [5, 5.41) is 18.9. The highest BCUT2D eigenvalue weighted by Crippen LogP contribution is 2.43. The number of benzene rings is 2. The van der Waals surface area contributed by atoms with Crippen LogP contribution in [0.15, 0.2) is 33.2 Å². The molecule has 2 aliphatic rings. The molecule has 2 atom stereocenters. The van der Waals surface area contributed by atoms with Crippen molar-refractivity contribution in [1.29, 1.82) is 5.26 Å². The standard InChI is InChI=1S/C11H9BrFN.C10H10BrFO.2CH4/c1-11(6-14)5-4-7-8(12)2-3-9(13)10(7)11;1-10(13)5-4-6-7(11)2-3-8(12)9(6)10;;/h2-3H,4-5H2,1H3;2-3,13H,4-5H2,1H3;2*1H4. The van der Waals surface area contributed by atoms with E-state index in [2.05, 4.69) is 37.9 Å². The highest BCUT2D eigenvalue weighted by atomic mass is 79.9. The van der Waals surface area contributed by atoms with Crippen LogP contribution >= 0.6 is 31.9 Å². The summed E-state index contributed by atoms with van der Waals surface area (Å²) in [6, 6.07) is 8.41. The molecule has 0 radical (unpaired) electrons. The van der Waals surface area contributed by atoms with Gasteiger partial charge in [0.2, 0.25) is 0 Å². The van der Waals surface area contributed by atoms with Crippen LogP contribution in [0.25, 0.3) is 0 Å². The average molecular weight is 531 g/mol. The summed E-state index contributed by atoms with van der Waals surface area (Å²) in [6.07, 6.45) is 2.82. The van der Waals surface area contributed by atoms with Crippen molar-refractivity contribution in [3.05, 3.63) is 67.1 Å². The van der Waals surface area contributed by atoms with Gasteiger partial charge in [-0.1, -0.05) is 46.7 Å². The fraction of sp³-hybridized carbons (Fsp3) is 0.435. The molecule has 0 saturated carbocycles. The van der Waals surface area contributed by atoms with E-state index < -0.39 is 11.0 Å². The number of aliphatic hydroxyl groups is 1. The molecule has 6 heteroatoms. The number of hydrogen-bond donors (Lipinski definition) is 1. The molecule has 0 aromatic heterocycles. The first kappa shape index (κ1) is 25.7. The molecule has 1 N–H and O–H groups in total. The molecule has 29 heavy (non-hydrogen) atoms. The fourth-order valence-corrected chi connectivity index (χ4v) is 5.02. The minimum atomic E-state index is -0.997. The summed E-state index contributed by atoms with van der Waals surface area (Å²) in [6.45, 7) is 3.46. The van der Waals surface area contributed by atoms with Gasteiger partial charge in [0.05, 0.1) is 17.1 Å². The van der Waals surface area contributed by atoms with E-state index in [1.165, 1.54) is 12.1 Å². The molecule has 0 amide bonds. The van der Waals surface area contributed by atoms with Gasteiger partial charge in [0.25, 0.3) is 0 Å². The summed E-state index contributed by atoms with van der Waals surface area (Å²) in [5.41, 5.74) is 1.25. The molecular formula is C23H27Br2F2NO. The number of nitriles is 1. The molecule has 158 valence electrons. The maximum Gasteiger partial charge on any atom is 0.129 e. The van der Waals surface area contributed by atoms with Gasteiger partial charge in [0, 0.05) is 20.1 Å². The molecule has 2 aromatic carbocycles. The average Bonchev–Trinajstić information content (AvgIpc) is 3.15. The zero-order valence-electron chi connectivity index (χ0n) is 15.0. The van der Waals surface area contributed by atoms with Gasteiger partial charge in [-0.25, -0.2) is 8.78 Å². The Morgan fingerprint density at radius 1 is 0.897 bits per heavy atom. The summed E-state index contributed by atoms with van der Waals surface area (Å²) in [7, 11) is 0. The van der Waals surface area contributed by atoms with Crippen molar-refractivity contribution < 1.29 is 13.9 Å². The van der Waals surface area contributed by atoms with Crippen LogP contribution in [-0.4, -0.2) is 5.11 Å². The van der Waals surface area contributed by atoms with Gasteiger partial charge >= 0.3 is 0 Å². The van der Waals surface area contributed by atoms with Crippen LogP contribution in [0.1, 0.15) is 63.8 Å². The molecule has 0 spiro atoms. The van der Waals surface area contributed by atoms with Crippen LogP contribution in [0.3, 0.4) is 0 Å². The highest BCUT2D eigenvalue weighted by Gasteiger charge is 2.38. The lowest BCUT2D eigenvalue weighted by Crippen LogP contribution is -2.18. The lowest BCUT2D eigenvalue weighted by Gasteiger charge is -2.18. The van der Waals surface area contributed by atoms with E-state index in [0.717, 1.165) is 32.9 Å². The number of hydrogen-bond acceptors (Lipinski definition) is 2. The highest BCUT2D eigenvalue weighted by molar-refractivity contribution is 9.10. The van der Waals surface area contributed by atoms with Crippen molar-refractivity contribution >= 4 is 31.9 Å². The minimum absolute atomic E-state index is 0. The van der Waals surface area contributed by atoms with Crippen LogP contribution < -0.4 is 0 Å². The van der Waals surface area contributed by atoms with E-state index in [0.29, 0.717) is 24.0 Å². The molecule has 4 rings (SSSR count). The second-order valence-electron chi connectivity index (χ2n) is 7.48. The molecule has 0 fully saturated rings. The van der Waals surface area contributed by atoms with Crippen LogP contribution in [0.5, 0.6) is 0 Å². The van der Waals surface area contributed by atoms with E-state index in [9.17, 15) is 13.9 Å². The topological polar surface area (TPSA) is 44.0 Å². The third kappa shape index (κ3) is 4.57. The van der Waals surface area contributed by atoms with E-state index in [-0.39, 0.29) is 26.5 Å². The summed E-state index contributed by atoms with van der Waals surface area (Å²) in [4.78, 5) is 0. The molecule has 2 nitrogen and oxygen atoms in total. The van der Waals surface area contributed by atoms with Crippen molar-refractivity contribution in [3.63, 3.8) is 0 Å². The van der Waals surface area contributed by atoms with Gasteiger partial charge in [-0.2, -0.15) is 5.26 Å². The maximum atomic E-state index is 13.6. The molecule has 2 aromatic rings. The van der Waals surface area contributed by atoms with Crippen molar-refractivity contribution in [3.8, 4) is 6.07 Å². The summed E-state index contributed by atoms with van der Waals surface area (Å²) in [5.74, 6) is -0.564. The maximum absolute atomic E-state index is 13.6. The Bertz CT molecular complexity index is 953. The first-order valence-electron chi connectivity index (χ1n) is 8.69. The largest absolute Gasteiger partial charge is 0.385 e. The predicted molar refractivity (Wildman–Crippen MR) is 121 cm³/mol. The first-order chi connectivity index (χ1) is 12.6. The van der Waals surface area contributed by atoms with Crippen LogP contribution in [-0.2, 0) is 23.9 Å². The number of rotatable bonds is 0. The van der Waals surface area contributed by atoms with Gasteiger partial charge in [-0.3, -0.25) is 0 Å². The third-order valence-electron chi connectivity index (χ3n) is 5.48. The smallest absolute Gasteiger partial charge is 0.129 e. The predicted octanol–water partition coefficient (Wildman–Crippen LogP) is 7.33. The monoisotopic (exact) mass is 529 g/mol. The van der Waals surface area contributed by atoms with Crippen LogP contribution in [0.2, 0.25) is 0 Å². The fourth-order valence-electron chi connectivity index (χ4n) is 3.96. The van der Waals surface area contributed by atoms with Gasteiger partial charge in [-0.15, -0.1) is 0 Å². The molecular weight excluding hydrogens is 504 g/mol. The van der Waals surface area contributed by atoms with Crippen molar-refractivity contribution in [2.75, 3.05) is 0 Å². The van der Waals surface area contributed by atoms with Crippen LogP contribution in [0.4, 0.5) is 8.78 Å². The Kier molecular flexibility index (Phi) is 8.20. The van der Waals surface area contributed by atoms with E-state index >= 15 is 0 Å². The molecule has 0 heterocycles. The Morgan fingerprint density at radius 3 is 1.83 bits per heavy atom. The Balaban J connectivity index is 0.000000272. The number of nitrogens with zero attached hydrogens (tertiary/aromatic N) is 1. The van der Waals surface area contributed by atoms with Gasteiger partial charge in [0.1, 0.15) is 11.6 Å². The normalized spacial score (nSPS) is 23.5. The quantitative estimate of drug-likeness (QED) is 0.387. The Morgan fingerprint density at radius 2 is 1.34 bits per heavy atom. The third-order valence-corrected chi connectivity index (χ3v) is 6.97. The zero-order chi connectivity index (χ0) is 20.0. The van der Waals surface area contributed by atoms with Crippen LogP contribution in [0, 0.1) is 23.0 Å². The van der Waals surface area contributed by atoms with Crippen molar-refractivity contribution in [2.24, 2.45) is 0 Å². The van der Waals surface area contributed by atoms with Gasteiger partial charge < -0.3 is 5.11 Å². The first-order valence-corrected chi connectivity index (χ1v) is 10.3. The Hall–Kier alpha value is -1.29. The SMILES string of the molecule is C.C.CC1(C#N)CCc2c(Br)ccc(F)c21.CC1(O)CCc2c(Br)ccc(F)c21. The summed E-state index contributed by atoms with van der Waals surface area (Å²) < 4.78 is 28.8. The molecule has 0 saturated heterocycles. The van der Waals surface area contributed by atoms with Crippen molar-refractivity contribution in [2.45, 2.75) is 65.4 Å². The zero-order valence-corrected chi connectivity index (χ0v) is 18.2. The second kappa shape index (κ2) is 9.24. The van der Waals surface area contributed by atoms with E-state index in [1.54, 1.807) is 26.0 Å². The second-order valence-corrected chi connectivity index (χ2v) is 9.19. The van der Waals surface area contributed by atoms with Gasteiger partial charge in [0.15, 0.2) is 0 Å². The van der Waals surface area contributed by atoms with Crippen molar-refractivity contribution in [1.82, 2.24) is 0 Å². The molecule has 2 unspecified atom stereocenters. The van der Waals surface area contributed by atoms with E-state index in [4.69, 9.17) is 5.26 Å². The summed E-state index contributed by atoms with van der Waals surface area (Å²) >= 11 is 6.74. The molecule has 2 aliphatic carbocycles. The lowest BCUT2D eigenvalue weighted by atomic mass is 9.85. The lowest BCUT2D eigenvalue weighted by molar-refractivity contribution is 0.0560. The van der Waals surface area contributed by atoms with E-state index in [1.807, 2.05) is 0 Å². The molecule has 0 aliphatic heterocycles. The number of halogens is 4. The molecule has 0 bridgehead atoms. The van der Waals surface area contributed by atoms with Gasteiger partial charge in [-0.05, 0) is 74.9 Å². The Labute approximate surface area is 189 Å². The minimum Gasteiger partial charge on any atom is -0.385 e.